The van der Waals surface area contributed by atoms with Crippen LogP contribution in [0.2, 0.25) is 0 Å². The molecule has 254 valence electrons. The number of aryl methyl sites for hydroxylation is 1. The Morgan fingerprint density at radius 2 is 0.980 bits per heavy atom. The molecule has 0 spiro atoms. The molecule has 0 fully saturated rings. The summed E-state index contributed by atoms with van der Waals surface area (Å²) in [5.74, 6) is 1.84. The highest BCUT2D eigenvalue weighted by Crippen LogP contribution is 2.44. The second-order valence-electron chi connectivity index (χ2n) is 14.3. The van der Waals surface area contributed by atoms with E-state index in [2.05, 4.69) is 186 Å². The molecule has 0 aliphatic heterocycles. The number of benzene rings is 6. The van der Waals surface area contributed by atoms with Gasteiger partial charge in [-0.05, 0) is 119 Å². The van der Waals surface area contributed by atoms with Crippen LogP contribution in [0.4, 0.5) is 0 Å². The van der Waals surface area contributed by atoms with Crippen LogP contribution < -0.4 is 0 Å². The van der Waals surface area contributed by atoms with E-state index in [1.54, 1.807) is 0 Å². The van der Waals surface area contributed by atoms with Crippen LogP contribution in [0.25, 0.3) is 61.6 Å². The quantitative estimate of drug-likeness (QED) is 0.154. The Morgan fingerprint density at radius 3 is 1.51 bits per heavy atom. The average molecular weight is 666 g/mol. The van der Waals surface area contributed by atoms with Gasteiger partial charge in [-0.3, -0.25) is 4.57 Å². The Bertz CT molecular complexity index is 2250. The first-order valence-corrected chi connectivity index (χ1v) is 18.2. The van der Waals surface area contributed by atoms with Crippen LogP contribution >= 0.6 is 0 Å². The van der Waals surface area contributed by atoms with Gasteiger partial charge in [-0.15, -0.1) is 10.2 Å². The Balaban J connectivity index is 1.45. The first kappa shape index (κ1) is 33.9. The number of rotatable bonds is 9. The van der Waals surface area contributed by atoms with Gasteiger partial charge >= 0.3 is 0 Å². The van der Waals surface area contributed by atoms with E-state index in [1.165, 1.54) is 66.8 Å². The zero-order chi connectivity index (χ0) is 35.7. The number of aromatic nitrogens is 3. The maximum absolute atomic E-state index is 4.97. The van der Waals surface area contributed by atoms with Crippen molar-refractivity contribution in [2.45, 2.75) is 66.7 Å². The maximum Gasteiger partial charge on any atom is 0.168 e. The van der Waals surface area contributed by atoms with Crippen molar-refractivity contribution in [2.24, 2.45) is 0 Å². The summed E-state index contributed by atoms with van der Waals surface area (Å²) in [4.78, 5) is 0. The molecule has 0 bridgehead atoms. The molecular weight excluding hydrogens is 619 g/mol. The van der Waals surface area contributed by atoms with Crippen molar-refractivity contribution >= 4 is 0 Å². The van der Waals surface area contributed by atoms with Crippen molar-refractivity contribution in [1.82, 2.24) is 14.8 Å². The Hall–Kier alpha value is -5.54. The van der Waals surface area contributed by atoms with Gasteiger partial charge < -0.3 is 0 Å². The molecule has 0 aliphatic carbocycles. The van der Waals surface area contributed by atoms with E-state index >= 15 is 0 Å². The number of hydrogen-bond donors (Lipinski definition) is 0. The molecule has 0 unspecified atom stereocenters. The van der Waals surface area contributed by atoms with Crippen LogP contribution in [0.1, 0.15) is 62.2 Å². The fourth-order valence-corrected chi connectivity index (χ4v) is 7.73. The highest BCUT2D eigenvalue weighted by molar-refractivity contribution is 5.92. The molecule has 0 atom stereocenters. The van der Waals surface area contributed by atoms with Gasteiger partial charge in [-0.25, -0.2) is 0 Å². The Kier molecular flexibility index (Phi) is 9.31. The maximum atomic E-state index is 4.97. The molecule has 0 radical (unpaired) electrons. The summed E-state index contributed by atoms with van der Waals surface area (Å²) >= 11 is 0. The van der Waals surface area contributed by atoms with Gasteiger partial charge in [0.2, 0.25) is 0 Å². The summed E-state index contributed by atoms with van der Waals surface area (Å²) in [5.41, 5.74) is 17.1. The summed E-state index contributed by atoms with van der Waals surface area (Å²) in [5, 5.41) is 9.91. The zero-order valence-corrected chi connectivity index (χ0v) is 31.0. The minimum Gasteiger partial charge on any atom is -0.278 e. The monoisotopic (exact) mass is 665 g/mol. The lowest BCUT2D eigenvalue weighted by atomic mass is 9.80. The highest BCUT2D eigenvalue weighted by Gasteiger charge is 2.29. The van der Waals surface area contributed by atoms with E-state index in [-0.39, 0.29) is 5.41 Å². The number of nitrogens with zero attached hydrogens (tertiary/aromatic N) is 3. The molecule has 1 aromatic heterocycles. The van der Waals surface area contributed by atoms with Gasteiger partial charge in [-0.2, -0.15) is 0 Å². The minimum absolute atomic E-state index is 0.175. The molecule has 7 aromatic rings. The zero-order valence-electron chi connectivity index (χ0n) is 31.0. The van der Waals surface area contributed by atoms with E-state index in [9.17, 15) is 0 Å². The van der Waals surface area contributed by atoms with Crippen LogP contribution in [-0.4, -0.2) is 14.8 Å². The first-order valence-electron chi connectivity index (χ1n) is 18.2. The SMILES string of the molecule is CCc1cc(-c2ccccc2)ccc1-n1c(-c2cccc(-c3c(C)c(-c4ccccc4)c(C)c(-c4ccccc4)c3C)c2)nnc1C(C)(C)CC. The molecule has 7 rings (SSSR count). The van der Waals surface area contributed by atoms with E-state index in [4.69, 9.17) is 10.2 Å². The second-order valence-corrected chi connectivity index (χ2v) is 14.3. The molecular formula is C48H47N3. The van der Waals surface area contributed by atoms with E-state index < -0.39 is 0 Å². The molecule has 3 heteroatoms. The third kappa shape index (κ3) is 6.23. The van der Waals surface area contributed by atoms with Gasteiger partial charge in [0.05, 0.1) is 5.69 Å². The van der Waals surface area contributed by atoms with Crippen molar-refractivity contribution in [1.29, 1.82) is 0 Å². The fourth-order valence-electron chi connectivity index (χ4n) is 7.73. The van der Waals surface area contributed by atoms with Crippen molar-refractivity contribution in [3.63, 3.8) is 0 Å². The van der Waals surface area contributed by atoms with Crippen LogP contribution in [0, 0.1) is 20.8 Å². The summed E-state index contributed by atoms with van der Waals surface area (Å²) in [6, 6.07) is 48.0. The van der Waals surface area contributed by atoms with E-state index in [0.717, 1.165) is 35.7 Å². The molecule has 0 amide bonds. The lowest BCUT2D eigenvalue weighted by molar-refractivity contribution is 0.464. The molecule has 51 heavy (non-hydrogen) atoms. The normalized spacial score (nSPS) is 11.6. The third-order valence-corrected chi connectivity index (χ3v) is 10.7. The van der Waals surface area contributed by atoms with E-state index in [0.29, 0.717) is 0 Å². The summed E-state index contributed by atoms with van der Waals surface area (Å²) in [7, 11) is 0. The number of hydrogen-bond acceptors (Lipinski definition) is 2. The van der Waals surface area contributed by atoms with Gasteiger partial charge in [0.15, 0.2) is 5.82 Å². The molecule has 1 heterocycles. The van der Waals surface area contributed by atoms with Crippen molar-refractivity contribution in [3.05, 3.63) is 162 Å². The highest BCUT2D eigenvalue weighted by atomic mass is 15.3. The molecule has 0 aliphatic rings. The summed E-state index contributed by atoms with van der Waals surface area (Å²) in [6.07, 6.45) is 1.84. The summed E-state index contributed by atoms with van der Waals surface area (Å²) < 4.78 is 2.33. The second kappa shape index (κ2) is 14.0. The van der Waals surface area contributed by atoms with Crippen molar-refractivity contribution in [3.8, 4) is 61.6 Å². The van der Waals surface area contributed by atoms with Gasteiger partial charge in [0.25, 0.3) is 0 Å². The lowest BCUT2D eigenvalue weighted by Crippen LogP contribution is -2.22. The molecule has 0 saturated heterocycles. The Labute approximate surface area is 303 Å². The third-order valence-electron chi connectivity index (χ3n) is 10.7. The predicted molar refractivity (Wildman–Crippen MR) is 215 cm³/mol. The Morgan fingerprint density at radius 1 is 0.490 bits per heavy atom. The van der Waals surface area contributed by atoms with Gasteiger partial charge in [-0.1, -0.05) is 143 Å². The van der Waals surface area contributed by atoms with E-state index in [1.807, 2.05) is 0 Å². The van der Waals surface area contributed by atoms with Crippen LogP contribution in [0.5, 0.6) is 0 Å². The van der Waals surface area contributed by atoms with Crippen LogP contribution in [0.15, 0.2) is 133 Å². The smallest absolute Gasteiger partial charge is 0.168 e. The fraction of sp³-hybridized carbons (Fsp3) is 0.208. The first-order chi connectivity index (χ1) is 24.7. The van der Waals surface area contributed by atoms with Gasteiger partial charge in [0.1, 0.15) is 5.82 Å². The van der Waals surface area contributed by atoms with Crippen LogP contribution in [-0.2, 0) is 11.8 Å². The molecule has 0 N–H and O–H groups in total. The largest absolute Gasteiger partial charge is 0.278 e. The average Bonchev–Trinajstić information content (AvgIpc) is 3.62. The van der Waals surface area contributed by atoms with Crippen molar-refractivity contribution < 1.29 is 0 Å². The van der Waals surface area contributed by atoms with Crippen molar-refractivity contribution in [2.75, 3.05) is 0 Å². The lowest BCUT2D eigenvalue weighted by Gasteiger charge is -2.25. The van der Waals surface area contributed by atoms with Gasteiger partial charge in [0, 0.05) is 11.0 Å². The standard InChI is InChI=1S/C48H47N3/c1-8-35-30-39(36-20-13-10-14-21-36)28-29-42(35)51-46(49-50-47(51)48(6,7)9-2)41-27-19-26-40(31-41)45-33(4)43(37-22-15-11-16-23-37)32(3)44(34(45)5)38-24-17-12-18-25-38/h10-31H,8-9H2,1-7H3. The summed E-state index contributed by atoms with van der Waals surface area (Å²) in [6.45, 7) is 15.9. The minimum atomic E-state index is -0.175. The molecule has 0 saturated carbocycles. The molecule has 6 aromatic carbocycles. The topological polar surface area (TPSA) is 30.7 Å². The van der Waals surface area contributed by atoms with Crippen LogP contribution in [0.3, 0.4) is 0 Å². The molecule has 3 nitrogen and oxygen atoms in total. The predicted octanol–water partition coefficient (Wildman–Crippen LogP) is 12.8.